The lowest BCUT2D eigenvalue weighted by Crippen LogP contribution is -2.41. The molecular weight excluding hydrogens is 410 g/mol. The summed E-state index contributed by atoms with van der Waals surface area (Å²) in [4.78, 5) is 38.9. The molecule has 0 aliphatic carbocycles. The molecule has 1 saturated heterocycles. The summed E-state index contributed by atoms with van der Waals surface area (Å²) in [5, 5.41) is 14.8. The van der Waals surface area contributed by atoms with Crippen molar-refractivity contribution in [3.63, 3.8) is 0 Å². The molecule has 1 aromatic heterocycles. The van der Waals surface area contributed by atoms with Crippen LogP contribution in [-0.4, -0.2) is 82.2 Å². The quantitative estimate of drug-likeness (QED) is 0.537. The summed E-state index contributed by atoms with van der Waals surface area (Å²) in [5.41, 5.74) is 0.397. The van der Waals surface area contributed by atoms with Gasteiger partial charge in [-0.25, -0.2) is 14.6 Å². The van der Waals surface area contributed by atoms with Crippen molar-refractivity contribution in [1.29, 1.82) is 0 Å². The monoisotopic (exact) mass is 429 g/mol. The van der Waals surface area contributed by atoms with E-state index in [1.807, 2.05) is 12.1 Å². The molecule has 2 N–H and O–H groups in total. The van der Waals surface area contributed by atoms with Gasteiger partial charge in [-0.15, -0.1) is 0 Å². The number of amides is 1. The second-order valence-electron chi connectivity index (χ2n) is 6.00. The molecule has 0 radical (unpaired) electrons. The summed E-state index contributed by atoms with van der Waals surface area (Å²) >= 11 is 3.30. The van der Waals surface area contributed by atoms with Gasteiger partial charge in [0.05, 0.1) is 6.54 Å². The van der Waals surface area contributed by atoms with Gasteiger partial charge < -0.3 is 24.7 Å². The molecule has 1 unspecified atom stereocenters. The van der Waals surface area contributed by atoms with E-state index in [0.717, 1.165) is 13.0 Å². The molecule has 0 saturated carbocycles. The lowest BCUT2D eigenvalue weighted by molar-refractivity contribution is -0.159. The van der Waals surface area contributed by atoms with E-state index in [9.17, 15) is 4.79 Å². The molecule has 3 heterocycles. The van der Waals surface area contributed by atoms with E-state index in [4.69, 9.17) is 24.5 Å². The van der Waals surface area contributed by atoms with Crippen molar-refractivity contribution in [3.05, 3.63) is 22.4 Å². The lowest BCUT2D eigenvalue weighted by atomic mass is 10.1. The number of carboxylic acid groups (broad SMARTS) is 2. The molecule has 2 aliphatic heterocycles. The zero-order valence-corrected chi connectivity index (χ0v) is 15.8. The predicted octanol–water partition coefficient (Wildman–Crippen LogP) is 0.928. The number of pyridine rings is 1. The van der Waals surface area contributed by atoms with Gasteiger partial charge in [0.25, 0.3) is 5.91 Å². The van der Waals surface area contributed by atoms with Crippen LogP contribution < -0.4 is 4.74 Å². The molecule has 1 amide bonds. The number of aromatic nitrogens is 1. The Morgan fingerprint density at radius 2 is 1.96 bits per heavy atom. The second-order valence-corrected chi connectivity index (χ2v) is 6.81. The maximum Gasteiger partial charge on any atom is 0.414 e. The number of hydrogen-bond donors (Lipinski definition) is 2. The van der Waals surface area contributed by atoms with Crippen molar-refractivity contribution < 1.29 is 29.3 Å². The molecule has 10 heteroatoms. The van der Waals surface area contributed by atoms with Crippen molar-refractivity contribution >= 4 is 33.8 Å². The fourth-order valence-electron chi connectivity index (χ4n) is 2.54. The summed E-state index contributed by atoms with van der Waals surface area (Å²) in [7, 11) is 1.81. The smallest absolute Gasteiger partial charge is 0.414 e. The van der Waals surface area contributed by atoms with Crippen LogP contribution in [-0.2, 0) is 9.59 Å². The first kappa shape index (κ1) is 20.1. The van der Waals surface area contributed by atoms with Crippen LogP contribution in [0.25, 0.3) is 0 Å². The minimum atomic E-state index is -1.82. The number of fused-ring (bicyclic) bond motifs is 1. The molecule has 0 spiro atoms. The fraction of sp³-hybridized carbons (Fsp3) is 0.500. The van der Waals surface area contributed by atoms with Gasteiger partial charge in [-0.2, -0.15) is 0 Å². The first-order valence-corrected chi connectivity index (χ1v) is 8.84. The van der Waals surface area contributed by atoms with Gasteiger partial charge in [0.1, 0.15) is 10.7 Å². The minimum absolute atomic E-state index is 0.0359. The van der Waals surface area contributed by atoms with E-state index >= 15 is 0 Å². The Morgan fingerprint density at radius 1 is 1.31 bits per heavy atom. The standard InChI is InChI=1S/C14H18BrN3O2.C2H2O4/c1-17-9-10(5-8-18-6-2-7-18)20-11-3-4-12(15)16-13(11)14(17)19;3-1(4)2(5)6/h3-4,10H,2,5-9H2,1H3;(H,3,4)(H,5,6). The normalized spacial score (nSPS) is 19.2. The highest BCUT2D eigenvalue weighted by Crippen LogP contribution is 2.26. The summed E-state index contributed by atoms with van der Waals surface area (Å²) in [5.74, 6) is -3.13. The van der Waals surface area contributed by atoms with E-state index in [2.05, 4.69) is 25.8 Å². The number of rotatable bonds is 3. The molecule has 142 valence electrons. The summed E-state index contributed by atoms with van der Waals surface area (Å²) in [6.07, 6.45) is 2.27. The number of ether oxygens (including phenoxy) is 1. The van der Waals surface area contributed by atoms with E-state index in [1.54, 1.807) is 11.9 Å². The second kappa shape index (κ2) is 8.95. The average Bonchev–Trinajstić information content (AvgIpc) is 2.64. The zero-order valence-electron chi connectivity index (χ0n) is 14.2. The molecule has 1 aromatic rings. The van der Waals surface area contributed by atoms with Crippen LogP contribution in [0.5, 0.6) is 5.75 Å². The number of halogens is 1. The van der Waals surface area contributed by atoms with Gasteiger partial charge in [0.2, 0.25) is 0 Å². The summed E-state index contributed by atoms with van der Waals surface area (Å²) < 4.78 is 6.65. The predicted molar refractivity (Wildman–Crippen MR) is 94.3 cm³/mol. The number of aliphatic carboxylic acids is 2. The zero-order chi connectivity index (χ0) is 19.3. The molecular formula is C16H20BrN3O6. The Bertz CT molecular complexity index is 683. The third kappa shape index (κ3) is 5.40. The fourth-order valence-corrected chi connectivity index (χ4v) is 2.85. The molecule has 1 atom stereocenters. The van der Waals surface area contributed by atoms with Crippen molar-refractivity contribution in [2.24, 2.45) is 0 Å². The molecule has 2 aliphatic rings. The van der Waals surface area contributed by atoms with E-state index in [-0.39, 0.29) is 12.0 Å². The summed E-state index contributed by atoms with van der Waals surface area (Å²) in [6, 6.07) is 3.63. The topological polar surface area (TPSA) is 120 Å². The third-order valence-electron chi connectivity index (χ3n) is 4.04. The molecule has 0 aromatic carbocycles. The van der Waals surface area contributed by atoms with Crippen LogP contribution in [0, 0.1) is 0 Å². The van der Waals surface area contributed by atoms with Crippen molar-refractivity contribution in [2.75, 3.05) is 33.2 Å². The molecule has 0 bridgehead atoms. The first-order chi connectivity index (χ1) is 12.3. The van der Waals surface area contributed by atoms with Gasteiger partial charge in [0, 0.05) is 13.6 Å². The van der Waals surface area contributed by atoms with Crippen molar-refractivity contribution in [3.8, 4) is 5.75 Å². The highest BCUT2D eigenvalue weighted by Gasteiger charge is 2.28. The van der Waals surface area contributed by atoms with Crippen LogP contribution in [0.15, 0.2) is 16.7 Å². The number of nitrogens with zero attached hydrogens (tertiary/aromatic N) is 3. The maximum absolute atomic E-state index is 12.3. The number of carboxylic acids is 2. The number of carbonyl (C=O) groups is 3. The number of carbonyl (C=O) groups excluding carboxylic acids is 1. The van der Waals surface area contributed by atoms with Crippen LogP contribution in [0.1, 0.15) is 23.3 Å². The van der Waals surface area contributed by atoms with Crippen molar-refractivity contribution in [2.45, 2.75) is 18.9 Å². The Labute approximate surface area is 158 Å². The van der Waals surface area contributed by atoms with Gasteiger partial charge in [0.15, 0.2) is 11.4 Å². The summed E-state index contributed by atoms with van der Waals surface area (Å²) in [6.45, 7) is 4.02. The minimum Gasteiger partial charge on any atom is -0.486 e. The van der Waals surface area contributed by atoms with E-state index in [0.29, 0.717) is 22.6 Å². The van der Waals surface area contributed by atoms with Gasteiger partial charge in [-0.05, 0) is 54.0 Å². The van der Waals surface area contributed by atoms with Gasteiger partial charge >= 0.3 is 11.9 Å². The first-order valence-electron chi connectivity index (χ1n) is 8.05. The van der Waals surface area contributed by atoms with Crippen molar-refractivity contribution in [1.82, 2.24) is 14.8 Å². The highest BCUT2D eigenvalue weighted by molar-refractivity contribution is 9.10. The van der Waals surface area contributed by atoms with Crippen LogP contribution in [0.4, 0.5) is 0 Å². The van der Waals surface area contributed by atoms with E-state index < -0.39 is 11.9 Å². The molecule has 3 rings (SSSR count). The number of likely N-dealkylation sites (tertiary alicyclic amines) is 1. The largest absolute Gasteiger partial charge is 0.486 e. The molecule has 9 nitrogen and oxygen atoms in total. The third-order valence-corrected chi connectivity index (χ3v) is 4.49. The lowest BCUT2D eigenvalue weighted by Gasteiger charge is -2.32. The Hall–Kier alpha value is -2.20. The van der Waals surface area contributed by atoms with Gasteiger partial charge in [-0.3, -0.25) is 4.79 Å². The number of hydrogen-bond acceptors (Lipinski definition) is 6. The number of likely N-dealkylation sites (N-methyl/N-ethyl adjacent to an activating group) is 1. The average molecular weight is 430 g/mol. The molecule has 1 fully saturated rings. The highest BCUT2D eigenvalue weighted by atomic mass is 79.9. The Morgan fingerprint density at radius 3 is 2.50 bits per heavy atom. The van der Waals surface area contributed by atoms with Gasteiger partial charge in [-0.1, -0.05) is 0 Å². The van der Waals surface area contributed by atoms with E-state index in [1.165, 1.54) is 19.5 Å². The van der Waals surface area contributed by atoms with Crippen LogP contribution in [0.2, 0.25) is 0 Å². The van der Waals surface area contributed by atoms with Crippen LogP contribution in [0.3, 0.4) is 0 Å². The van der Waals surface area contributed by atoms with Crippen LogP contribution >= 0.6 is 15.9 Å². The Balaban J connectivity index is 0.000000352. The maximum atomic E-state index is 12.3. The Kier molecular flexibility index (Phi) is 6.92. The SMILES string of the molecule is CN1CC(CCN2CCC2)Oc2ccc(Br)nc2C1=O.O=C(O)C(=O)O. The molecule has 26 heavy (non-hydrogen) atoms.